The lowest BCUT2D eigenvalue weighted by Gasteiger charge is -2.24. The van der Waals surface area contributed by atoms with E-state index in [9.17, 15) is 4.79 Å². The third kappa shape index (κ3) is 1.87. The average molecular weight is 209 g/mol. The van der Waals surface area contributed by atoms with Crippen LogP contribution in [0.5, 0.6) is 0 Å². The van der Waals surface area contributed by atoms with Gasteiger partial charge < -0.3 is 0 Å². The molecule has 0 N–H and O–H groups in total. The Labute approximate surface area is 88.4 Å². The Morgan fingerprint density at radius 1 is 1.50 bits per heavy atom. The lowest BCUT2D eigenvalue weighted by atomic mass is 9.81. The summed E-state index contributed by atoms with van der Waals surface area (Å²) in [7, 11) is 0. The van der Waals surface area contributed by atoms with Crippen LogP contribution in [0.15, 0.2) is 0 Å². The molecule has 0 aromatic carbocycles. The molecule has 1 aromatic rings. The van der Waals surface area contributed by atoms with Crippen molar-refractivity contribution in [2.75, 3.05) is 0 Å². The molecular formula is C11H15NOS. The highest BCUT2D eigenvalue weighted by atomic mass is 32.1. The minimum absolute atomic E-state index is 0.304. The van der Waals surface area contributed by atoms with Gasteiger partial charge in [-0.25, -0.2) is 4.98 Å². The van der Waals surface area contributed by atoms with Crippen LogP contribution in [0.2, 0.25) is 0 Å². The quantitative estimate of drug-likeness (QED) is 0.716. The van der Waals surface area contributed by atoms with Crippen LogP contribution in [-0.4, -0.2) is 10.8 Å². The van der Waals surface area contributed by atoms with Crippen LogP contribution in [0.1, 0.15) is 46.1 Å². The number of carbonyl (C=O) groups is 1. The third-order valence-corrected chi connectivity index (χ3v) is 3.97. The normalized spacial score (nSPS) is 16.7. The van der Waals surface area contributed by atoms with Gasteiger partial charge in [-0.1, -0.05) is 19.3 Å². The molecule has 0 amide bonds. The Morgan fingerprint density at radius 3 is 2.64 bits per heavy atom. The van der Waals surface area contributed by atoms with Gasteiger partial charge in [-0.05, 0) is 19.8 Å². The van der Waals surface area contributed by atoms with Crippen molar-refractivity contribution in [3.63, 3.8) is 0 Å². The number of aryl methyl sites for hydroxylation is 2. The molecule has 0 atom stereocenters. The van der Waals surface area contributed by atoms with E-state index in [4.69, 9.17) is 0 Å². The van der Waals surface area contributed by atoms with Gasteiger partial charge in [0.15, 0.2) is 5.78 Å². The van der Waals surface area contributed by atoms with E-state index in [-0.39, 0.29) is 0 Å². The van der Waals surface area contributed by atoms with Gasteiger partial charge in [-0.3, -0.25) is 4.79 Å². The van der Waals surface area contributed by atoms with E-state index in [1.807, 2.05) is 13.8 Å². The lowest BCUT2D eigenvalue weighted by Crippen LogP contribution is -2.15. The van der Waals surface area contributed by atoms with Gasteiger partial charge in [0, 0.05) is 6.42 Å². The first-order valence-electron chi connectivity index (χ1n) is 5.14. The molecule has 1 aliphatic rings. The van der Waals surface area contributed by atoms with E-state index in [2.05, 4.69) is 4.98 Å². The van der Waals surface area contributed by atoms with Gasteiger partial charge in [0.25, 0.3) is 0 Å². The van der Waals surface area contributed by atoms with Crippen LogP contribution in [-0.2, 0) is 0 Å². The second-order valence-electron chi connectivity index (χ2n) is 4.07. The molecule has 1 saturated carbocycles. The van der Waals surface area contributed by atoms with Crippen LogP contribution >= 0.6 is 11.3 Å². The van der Waals surface area contributed by atoms with Crippen LogP contribution in [0.3, 0.4) is 0 Å². The Kier molecular flexibility index (Phi) is 2.68. The van der Waals surface area contributed by atoms with Gasteiger partial charge >= 0.3 is 0 Å². The van der Waals surface area contributed by atoms with Gasteiger partial charge in [-0.2, -0.15) is 0 Å². The second kappa shape index (κ2) is 3.81. The van der Waals surface area contributed by atoms with Crippen LogP contribution in [0, 0.1) is 19.8 Å². The molecule has 0 bridgehead atoms. The Morgan fingerprint density at radius 2 is 2.21 bits per heavy atom. The summed E-state index contributed by atoms with van der Waals surface area (Å²) in [5.41, 5.74) is 0.914. The minimum Gasteiger partial charge on any atom is -0.293 e. The monoisotopic (exact) mass is 209 g/mol. The van der Waals surface area contributed by atoms with E-state index in [1.165, 1.54) is 30.6 Å². The lowest BCUT2D eigenvalue weighted by molar-refractivity contribution is 0.0940. The van der Waals surface area contributed by atoms with Crippen molar-refractivity contribution in [3.05, 3.63) is 15.6 Å². The van der Waals surface area contributed by atoms with Crippen LogP contribution < -0.4 is 0 Å². The topological polar surface area (TPSA) is 30.0 Å². The van der Waals surface area contributed by atoms with Gasteiger partial charge in [0.05, 0.1) is 15.6 Å². The standard InChI is InChI=1S/C11H15NOS/c1-7-11(14-8(2)12-7)10(13)6-9-4-3-5-9/h9H,3-6H2,1-2H3. The fraction of sp³-hybridized carbons (Fsp3) is 0.636. The fourth-order valence-corrected chi connectivity index (χ4v) is 2.71. The molecule has 1 fully saturated rings. The van der Waals surface area contributed by atoms with Crippen LogP contribution in [0.4, 0.5) is 0 Å². The SMILES string of the molecule is Cc1nc(C)c(C(=O)CC2CCC2)s1. The van der Waals surface area contributed by atoms with Crippen molar-refractivity contribution in [1.82, 2.24) is 4.98 Å². The summed E-state index contributed by atoms with van der Waals surface area (Å²) in [6.07, 6.45) is 4.52. The zero-order chi connectivity index (χ0) is 10.1. The second-order valence-corrected chi connectivity index (χ2v) is 5.27. The summed E-state index contributed by atoms with van der Waals surface area (Å²) in [6.45, 7) is 3.88. The van der Waals surface area contributed by atoms with Crippen molar-refractivity contribution in [3.8, 4) is 0 Å². The molecule has 0 saturated heterocycles. The van der Waals surface area contributed by atoms with E-state index < -0.39 is 0 Å². The van der Waals surface area contributed by atoms with Gasteiger partial charge in [0.1, 0.15) is 0 Å². The Hall–Kier alpha value is -0.700. The molecule has 1 aromatic heterocycles. The van der Waals surface area contributed by atoms with Crippen LogP contribution in [0.25, 0.3) is 0 Å². The molecular weight excluding hydrogens is 194 g/mol. The predicted octanol–water partition coefficient (Wildman–Crippen LogP) is 3.13. The van der Waals surface area contributed by atoms with Gasteiger partial charge in [0.2, 0.25) is 0 Å². The molecule has 2 rings (SSSR count). The molecule has 0 spiro atoms. The molecule has 1 heterocycles. The first kappa shape index (κ1) is 9.84. The number of hydrogen-bond donors (Lipinski definition) is 0. The molecule has 1 aliphatic carbocycles. The first-order chi connectivity index (χ1) is 6.66. The van der Waals surface area contributed by atoms with E-state index in [1.54, 1.807) is 0 Å². The summed E-state index contributed by atoms with van der Waals surface area (Å²) in [5, 5.41) is 0.999. The van der Waals surface area contributed by atoms with E-state index in [0.29, 0.717) is 11.7 Å². The van der Waals surface area contributed by atoms with Crippen molar-refractivity contribution in [2.24, 2.45) is 5.92 Å². The highest BCUT2D eigenvalue weighted by Gasteiger charge is 2.23. The zero-order valence-electron chi connectivity index (χ0n) is 8.67. The highest BCUT2D eigenvalue weighted by Crippen LogP contribution is 2.31. The number of carbonyl (C=O) groups excluding carboxylic acids is 1. The first-order valence-corrected chi connectivity index (χ1v) is 5.95. The Bertz CT molecular complexity index is 352. The number of hydrogen-bond acceptors (Lipinski definition) is 3. The largest absolute Gasteiger partial charge is 0.293 e. The van der Waals surface area contributed by atoms with Crippen molar-refractivity contribution in [2.45, 2.75) is 39.5 Å². The molecule has 14 heavy (non-hydrogen) atoms. The number of aromatic nitrogens is 1. The summed E-state index contributed by atoms with van der Waals surface area (Å²) < 4.78 is 0. The molecule has 2 nitrogen and oxygen atoms in total. The predicted molar refractivity (Wildman–Crippen MR) is 57.9 cm³/mol. The van der Waals surface area contributed by atoms with E-state index >= 15 is 0 Å². The maximum absolute atomic E-state index is 11.9. The summed E-state index contributed by atoms with van der Waals surface area (Å²) >= 11 is 1.54. The third-order valence-electron chi connectivity index (χ3n) is 2.86. The summed E-state index contributed by atoms with van der Waals surface area (Å²) in [4.78, 5) is 17.0. The summed E-state index contributed by atoms with van der Waals surface area (Å²) in [5.74, 6) is 0.960. The molecule has 0 radical (unpaired) electrons. The summed E-state index contributed by atoms with van der Waals surface area (Å²) in [6, 6.07) is 0. The van der Waals surface area contributed by atoms with Gasteiger partial charge in [-0.15, -0.1) is 11.3 Å². The van der Waals surface area contributed by atoms with E-state index in [0.717, 1.165) is 22.0 Å². The maximum atomic E-state index is 11.9. The molecule has 0 aliphatic heterocycles. The van der Waals surface area contributed by atoms with Crippen molar-refractivity contribution in [1.29, 1.82) is 0 Å². The van der Waals surface area contributed by atoms with Crippen molar-refractivity contribution >= 4 is 17.1 Å². The minimum atomic E-state index is 0.304. The molecule has 0 unspecified atom stereocenters. The number of nitrogens with zero attached hydrogens (tertiary/aromatic N) is 1. The number of Topliss-reactive ketones (excluding diaryl/α,β-unsaturated/α-hetero) is 1. The number of thiazole rings is 1. The smallest absolute Gasteiger partial charge is 0.174 e. The molecule has 3 heteroatoms. The zero-order valence-corrected chi connectivity index (χ0v) is 9.49. The Balaban J connectivity index is 2.06. The maximum Gasteiger partial charge on any atom is 0.174 e. The fourth-order valence-electron chi connectivity index (χ4n) is 1.84. The average Bonchev–Trinajstić information content (AvgIpc) is 2.37. The molecule has 76 valence electrons. The number of ketones is 1. The highest BCUT2D eigenvalue weighted by molar-refractivity contribution is 7.13. The van der Waals surface area contributed by atoms with Crippen molar-refractivity contribution < 1.29 is 4.79 Å². The number of rotatable bonds is 3.